The van der Waals surface area contributed by atoms with Crippen molar-refractivity contribution in [3.05, 3.63) is 6.07 Å². The Morgan fingerprint density at radius 2 is 1.87 bits per heavy atom. The van der Waals surface area contributed by atoms with Crippen LogP contribution in [0.3, 0.4) is 0 Å². The zero-order valence-corrected chi connectivity index (χ0v) is 14.5. The van der Waals surface area contributed by atoms with E-state index in [0.29, 0.717) is 24.3 Å². The molecule has 1 unspecified atom stereocenters. The van der Waals surface area contributed by atoms with Crippen molar-refractivity contribution < 1.29 is 14.3 Å². The zero-order valence-electron chi connectivity index (χ0n) is 14.5. The number of aromatic nitrogens is 2. The molecule has 0 radical (unpaired) electrons. The largest absolute Gasteiger partial charge is 0.481 e. The van der Waals surface area contributed by atoms with Gasteiger partial charge in [0.05, 0.1) is 20.3 Å². The number of amides is 1. The first-order valence-corrected chi connectivity index (χ1v) is 7.86. The van der Waals surface area contributed by atoms with E-state index in [1.165, 1.54) is 0 Å². The van der Waals surface area contributed by atoms with Crippen LogP contribution in [0, 0.1) is 5.41 Å². The summed E-state index contributed by atoms with van der Waals surface area (Å²) in [6, 6.07) is 1.74. The maximum Gasteiger partial charge on any atom is 0.232 e. The van der Waals surface area contributed by atoms with Gasteiger partial charge in [0.15, 0.2) is 0 Å². The second-order valence-corrected chi connectivity index (χ2v) is 6.76. The fourth-order valence-corrected chi connectivity index (χ4v) is 2.42. The summed E-state index contributed by atoms with van der Waals surface area (Å²) >= 11 is 0. The zero-order chi connectivity index (χ0) is 17.0. The van der Waals surface area contributed by atoms with Gasteiger partial charge in [-0.25, -0.2) is 0 Å². The summed E-state index contributed by atoms with van der Waals surface area (Å²) in [6.07, 6.45) is 1.93. The van der Waals surface area contributed by atoms with Crippen LogP contribution in [0.4, 0.5) is 5.95 Å². The molecule has 1 N–H and O–H groups in total. The number of carbonyl (C=O) groups excluding carboxylic acids is 1. The van der Waals surface area contributed by atoms with Gasteiger partial charge in [0.1, 0.15) is 0 Å². The Hall–Kier alpha value is -2.05. The number of piperidine rings is 1. The molecule has 0 spiro atoms. The molecule has 2 heterocycles. The first-order valence-electron chi connectivity index (χ1n) is 7.86. The molecule has 1 atom stereocenters. The van der Waals surface area contributed by atoms with Crippen molar-refractivity contribution >= 4 is 11.9 Å². The Labute approximate surface area is 137 Å². The highest BCUT2D eigenvalue weighted by Crippen LogP contribution is 2.23. The third-order valence-electron chi connectivity index (χ3n) is 3.81. The van der Waals surface area contributed by atoms with Crippen LogP contribution in [0.15, 0.2) is 6.07 Å². The molecule has 1 aromatic heterocycles. The first-order chi connectivity index (χ1) is 10.8. The molecular weight excluding hydrogens is 296 g/mol. The van der Waals surface area contributed by atoms with E-state index in [-0.39, 0.29) is 11.9 Å². The van der Waals surface area contributed by atoms with Crippen molar-refractivity contribution in [2.24, 2.45) is 5.41 Å². The van der Waals surface area contributed by atoms with Gasteiger partial charge in [-0.3, -0.25) is 4.79 Å². The van der Waals surface area contributed by atoms with E-state index < -0.39 is 5.41 Å². The number of hydrogen-bond donors (Lipinski definition) is 1. The molecule has 7 heteroatoms. The highest BCUT2D eigenvalue weighted by molar-refractivity contribution is 5.81. The molecule has 0 saturated carbocycles. The quantitative estimate of drug-likeness (QED) is 0.908. The van der Waals surface area contributed by atoms with Gasteiger partial charge in [-0.05, 0) is 12.8 Å². The molecule has 1 aliphatic heterocycles. The van der Waals surface area contributed by atoms with Crippen LogP contribution in [0.1, 0.15) is 33.6 Å². The van der Waals surface area contributed by atoms with Gasteiger partial charge in [0.25, 0.3) is 0 Å². The minimum absolute atomic E-state index is 0.0634. The standard InChI is InChI=1S/C16H26N4O3/c1-16(2,3)14(21)17-11-7-6-8-20(10-11)15-18-12(22-4)9-13(19-15)23-5/h9,11H,6-8,10H2,1-5H3,(H,17,21). The third-order valence-corrected chi connectivity index (χ3v) is 3.81. The van der Waals surface area contributed by atoms with Gasteiger partial charge < -0.3 is 19.7 Å². The first kappa shape index (κ1) is 17.3. The highest BCUT2D eigenvalue weighted by Gasteiger charge is 2.28. The molecule has 0 aromatic carbocycles. The number of hydrogen-bond acceptors (Lipinski definition) is 6. The molecule has 2 rings (SSSR count). The average molecular weight is 322 g/mol. The molecule has 23 heavy (non-hydrogen) atoms. The number of carbonyl (C=O) groups is 1. The van der Waals surface area contributed by atoms with Gasteiger partial charge in [0.2, 0.25) is 23.6 Å². The van der Waals surface area contributed by atoms with Crippen LogP contribution in [0.5, 0.6) is 11.8 Å². The van der Waals surface area contributed by atoms with Crippen LogP contribution in [0.25, 0.3) is 0 Å². The van der Waals surface area contributed by atoms with E-state index in [2.05, 4.69) is 20.2 Å². The molecule has 7 nitrogen and oxygen atoms in total. The van der Waals surface area contributed by atoms with E-state index in [1.54, 1.807) is 20.3 Å². The fraction of sp³-hybridized carbons (Fsp3) is 0.688. The van der Waals surface area contributed by atoms with Crippen LogP contribution in [0.2, 0.25) is 0 Å². The molecule has 1 aromatic rings. The van der Waals surface area contributed by atoms with Crippen molar-refractivity contribution in [1.29, 1.82) is 0 Å². The lowest BCUT2D eigenvalue weighted by Gasteiger charge is -2.34. The molecule has 1 saturated heterocycles. The predicted octanol–water partition coefficient (Wildman–Crippen LogP) is 1.62. The highest BCUT2D eigenvalue weighted by atomic mass is 16.5. The Morgan fingerprint density at radius 3 is 2.39 bits per heavy atom. The van der Waals surface area contributed by atoms with Gasteiger partial charge in [0, 0.05) is 24.5 Å². The number of ether oxygens (including phenoxy) is 2. The van der Waals surface area contributed by atoms with Crippen molar-refractivity contribution in [1.82, 2.24) is 15.3 Å². The molecule has 1 fully saturated rings. The minimum atomic E-state index is -0.391. The van der Waals surface area contributed by atoms with Gasteiger partial charge in [-0.15, -0.1) is 0 Å². The lowest BCUT2D eigenvalue weighted by atomic mass is 9.94. The third kappa shape index (κ3) is 4.46. The topological polar surface area (TPSA) is 76.6 Å². The molecular formula is C16H26N4O3. The van der Waals surface area contributed by atoms with Crippen LogP contribution >= 0.6 is 0 Å². The number of nitrogens with one attached hydrogen (secondary N) is 1. The number of rotatable bonds is 4. The Morgan fingerprint density at radius 1 is 1.26 bits per heavy atom. The lowest BCUT2D eigenvalue weighted by molar-refractivity contribution is -0.129. The normalized spacial score (nSPS) is 18.5. The SMILES string of the molecule is COc1cc(OC)nc(N2CCCC(NC(=O)C(C)(C)C)C2)n1. The van der Waals surface area contributed by atoms with Crippen molar-refractivity contribution in [2.75, 3.05) is 32.2 Å². The Balaban J connectivity index is 2.10. The summed E-state index contributed by atoms with van der Waals surface area (Å²) in [4.78, 5) is 23.0. The average Bonchev–Trinajstić information content (AvgIpc) is 2.53. The summed E-state index contributed by atoms with van der Waals surface area (Å²) in [6.45, 7) is 7.27. The summed E-state index contributed by atoms with van der Waals surface area (Å²) in [7, 11) is 3.13. The molecule has 0 aliphatic carbocycles. The summed E-state index contributed by atoms with van der Waals surface area (Å²) in [5, 5.41) is 3.12. The van der Waals surface area contributed by atoms with Gasteiger partial charge in [-0.2, -0.15) is 9.97 Å². The monoisotopic (exact) mass is 322 g/mol. The van der Waals surface area contributed by atoms with Crippen LogP contribution in [-0.2, 0) is 4.79 Å². The number of nitrogens with zero attached hydrogens (tertiary/aromatic N) is 3. The number of methoxy groups -OCH3 is 2. The molecule has 128 valence electrons. The molecule has 1 amide bonds. The van der Waals surface area contributed by atoms with E-state index in [4.69, 9.17) is 9.47 Å². The Bertz CT molecular complexity index is 534. The minimum Gasteiger partial charge on any atom is -0.481 e. The molecule has 1 aliphatic rings. The summed E-state index contributed by atoms with van der Waals surface area (Å²) in [5.74, 6) is 1.56. The van der Waals surface area contributed by atoms with Gasteiger partial charge >= 0.3 is 0 Å². The van der Waals surface area contributed by atoms with E-state index in [9.17, 15) is 4.79 Å². The smallest absolute Gasteiger partial charge is 0.232 e. The van der Waals surface area contributed by atoms with E-state index in [0.717, 1.165) is 19.4 Å². The second kappa shape index (κ2) is 7.02. The van der Waals surface area contributed by atoms with Crippen molar-refractivity contribution in [3.8, 4) is 11.8 Å². The Kier molecular flexibility index (Phi) is 5.28. The van der Waals surface area contributed by atoms with E-state index in [1.807, 2.05) is 20.8 Å². The van der Waals surface area contributed by atoms with E-state index >= 15 is 0 Å². The summed E-state index contributed by atoms with van der Waals surface area (Å²) < 4.78 is 10.4. The fourth-order valence-electron chi connectivity index (χ4n) is 2.42. The maximum absolute atomic E-state index is 12.2. The van der Waals surface area contributed by atoms with Crippen molar-refractivity contribution in [2.45, 2.75) is 39.7 Å². The molecule has 0 bridgehead atoms. The summed E-state index contributed by atoms with van der Waals surface area (Å²) in [5.41, 5.74) is -0.391. The number of anilines is 1. The predicted molar refractivity (Wildman–Crippen MR) is 88.0 cm³/mol. The maximum atomic E-state index is 12.2. The van der Waals surface area contributed by atoms with Crippen molar-refractivity contribution in [3.63, 3.8) is 0 Å². The van der Waals surface area contributed by atoms with Crippen LogP contribution in [-0.4, -0.2) is 49.2 Å². The lowest BCUT2D eigenvalue weighted by Crippen LogP contribution is -2.50. The second-order valence-electron chi connectivity index (χ2n) is 6.76. The van der Waals surface area contributed by atoms with Gasteiger partial charge in [-0.1, -0.05) is 20.8 Å². The van der Waals surface area contributed by atoms with Crippen LogP contribution < -0.4 is 19.7 Å².